The van der Waals surface area contributed by atoms with Gasteiger partial charge in [-0.3, -0.25) is 43.4 Å². The van der Waals surface area contributed by atoms with Crippen LogP contribution in [0.3, 0.4) is 0 Å². The largest absolute Gasteiger partial charge is 0.458 e. The lowest BCUT2D eigenvalue weighted by Gasteiger charge is -2.38. The Bertz CT molecular complexity index is 3690. The molecule has 0 bridgehead atoms. The van der Waals surface area contributed by atoms with E-state index in [1.807, 2.05) is 0 Å². The molecule has 4 aromatic rings. The summed E-state index contributed by atoms with van der Waals surface area (Å²) in [6, 6.07) is 3.46. The van der Waals surface area contributed by atoms with Crippen LogP contribution >= 0.6 is 0 Å². The normalized spacial score (nSPS) is 17.0. The second-order valence-electron chi connectivity index (χ2n) is 23.9. The number of benzene rings is 2. The van der Waals surface area contributed by atoms with Crippen molar-refractivity contribution < 1.29 is 113 Å². The molecule has 0 fully saturated rings. The number of esters is 1. The van der Waals surface area contributed by atoms with Crippen molar-refractivity contribution >= 4 is 64.1 Å². The van der Waals surface area contributed by atoms with Gasteiger partial charge >= 0.3 is 24.4 Å². The number of aliphatic hydroxyl groups is 1. The molecule has 5 heterocycles. The minimum absolute atomic E-state index is 0.0251. The molecule has 1 aliphatic carbocycles. The summed E-state index contributed by atoms with van der Waals surface area (Å²) in [5.41, 5.74) is -2.62. The van der Waals surface area contributed by atoms with Crippen LogP contribution in [0.25, 0.3) is 22.3 Å². The van der Waals surface area contributed by atoms with Gasteiger partial charge in [-0.25, -0.2) is 27.7 Å². The number of carbonyl (C=O) groups excluding carboxylic acids is 8. The summed E-state index contributed by atoms with van der Waals surface area (Å²) in [7, 11) is 2.92. The average Bonchev–Trinajstić information content (AvgIpc) is 1.46. The van der Waals surface area contributed by atoms with Crippen LogP contribution in [0, 0.1) is 12.7 Å². The molecule has 8 rings (SSSR count). The molecule has 2 aromatic heterocycles. The van der Waals surface area contributed by atoms with E-state index in [9.17, 15) is 52.2 Å². The van der Waals surface area contributed by atoms with Gasteiger partial charge in [0, 0.05) is 79.7 Å². The van der Waals surface area contributed by atoms with E-state index in [0.717, 1.165) is 28.0 Å². The maximum atomic E-state index is 15.9. The smallest absolute Gasteiger partial charge is 0.411 e. The maximum absolute atomic E-state index is 15.9. The molecular formula is C67H83F5N8O20. The Hall–Kier alpha value is -8.41. The molecule has 2 aromatic carbocycles. The number of nitrogens with one attached hydrogen (secondary N) is 3. The third kappa shape index (κ3) is 19.0. The Morgan fingerprint density at radius 2 is 1.34 bits per heavy atom. The van der Waals surface area contributed by atoms with Crippen molar-refractivity contribution in [1.82, 2.24) is 34.9 Å². The molecule has 28 nitrogen and oxygen atoms in total. The molecule has 3 aliphatic heterocycles. The third-order valence-electron chi connectivity index (χ3n) is 17.2. The summed E-state index contributed by atoms with van der Waals surface area (Å²) >= 11 is 0. The number of amides is 7. The van der Waals surface area contributed by atoms with E-state index in [2.05, 4.69) is 16.0 Å². The number of hydrogen-bond acceptors (Lipinski definition) is 21. The van der Waals surface area contributed by atoms with Crippen molar-refractivity contribution in [2.24, 2.45) is 0 Å². The van der Waals surface area contributed by atoms with Gasteiger partial charge in [0.25, 0.3) is 23.3 Å². The van der Waals surface area contributed by atoms with E-state index < -0.39 is 114 Å². The molecule has 5 atom stereocenters. The highest BCUT2D eigenvalue weighted by Gasteiger charge is 2.50. The van der Waals surface area contributed by atoms with Crippen LogP contribution in [0.1, 0.15) is 91.1 Å². The molecule has 33 heteroatoms. The van der Waals surface area contributed by atoms with Gasteiger partial charge in [0.15, 0.2) is 5.60 Å². The number of carbonyl (C=O) groups is 8. The SMILES string of the molecule is CC[C@@]1(O)C(=O)OCc2c1cc1n(c2=O)Cc2c-1nc1cc(F)c(C)c3c1c2[C@@H](N(CC(F)(F)C(F)F)C(=O)OC(C(=O)N(C)CCOCCOCCOCCOCCOCCOCCOCCOC)c1ccc(NC(=O)[C@H](C)NC(=O)[C@H](C)NC(=O)CCN2C(=O)C=CC2=O)cc1)CC3. The lowest BCUT2D eigenvalue weighted by molar-refractivity contribution is -0.172. The number of anilines is 1. The number of cyclic esters (lactones) is 1. The first-order valence-corrected chi connectivity index (χ1v) is 32.6. The van der Waals surface area contributed by atoms with Crippen LogP contribution in [-0.2, 0) is 106 Å². The Balaban J connectivity index is 0.961. The number of pyridine rings is 2. The standard InChI is InChI=1S/C67H83F5N8O20/c1-7-66(90)47-34-51-57-45(36-79(51)61(86)46(47)37-99-64(66)88)56-50(13-12-44-39(2)48(68)35-49(76-57)55(44)56)80(38-67(71,72)63(69)70)65(89)100-58(62(87)77(5)18-19-92-22-23-94-26-27-96-30-31-98-33-32-97-29-28-95-25-24-93-21-20-91-6)42-8-10-43(11-9-42)75-60(85)41(4)74-59(84)40(3)73-52(81)16-17-78-53(82)14-15-54(78)83/h8-11,14-15,34-35,40-41,50,58,63,90H,7,12-13,16-33,36-38H2,1-6H3,(H,73,81)(H,74,84)(H,75,85)/t40-,41-,50-,58?,66-/m0/s1. The van der Waals surface area contributed by atoms with Gasteiger partial charge in [-0.1, -0.05) is 19.1 Å². The highest BCUT2D eigenvalue weighted by atomic mass is 19.3. The predicted octanol–water partition coefficient (Wildman–Crippen LogP) is 4.08. The first-order chi connectivity index (χ1) is 47.8. The van der Waals surface area contributed by atoms with Crippen molar-refractivity contribution in [2.45, 2.75) is 109 Å². The summed E-state index contributed by atoms with van der Waals surface area (Å²) < 4.78 is 133. The van der Waals surface area contributed by atoms with Crippen molar-refractivity contribution in [3.8, 4) is 11.4 Å². The minimum Gasteiger partial charge on any atom is -0.458 e. The van der Waals surface area contributed by atoms with Gasteiger partial charge in [-0.15, -0.1) is 0 Å². The maximum Gasteiger partial charge on any atom is 0.411 e. The van der Waals surface area contributed by atoms with Crippen molar-refractivity contribution in [3.05, 3.63) is 104 Å². The van der Waals surface area contributed by atoms with Gasteiger partial charge in [-0.05, 0) is 74.9 Å². The lowest BCUT2D eigenvalue weighted by atomic mass is 9.81. The zero-order chi connectivity index (χ0) is 72.4. The molecule has 0 spiro atoms. The Morgan fingerprint density at radius 1 is 0.780 bits per heavy atom. The molecule has 4 aliphatic rings. The van der Waals surface area contributed by atoms with Gasteiger partial charge in [-0.2, -0.15) is 8.78 Å². The van der Waals surface area contributed by atoms with Gasteiger partial charge in [0.05, 0.1) is 141 Å². The predicted molar refractivity (Wildman–Crippen MR) is 343 cm³/mol. The van der Waals surface area contributed by atoms with Crippen LogP contribution < -0.4 is 21.5 Å². The van der Waals surface area contributed by atoms with Crippen LogP contribution in [0.5, 0.6) is 0 Å². The number of aromatic nitrogens is 2. The van der Waals surface area contributed by atoms with Crippen LogP contribution in [0.15, 0.2) is 53.3 Å². The van der Waals surface area contributed by atoms with E-state index in [1.54, 1.807) is 7.11 Å². The van der Waals surface area contributed by atoms with Crippen molar-refractivity contribution in [3.63, 3.8) is 0 Å². The van der Waals surface area contributed by atoms with E-state index in [4.69, 9.17) is 52.4 Å². The molecule has 546 valence electrons. The molecule has 100 heavy (non-hydrogen) atoms. The summed E-state index contributed by atoms with van der Waals surface area (Å²) in [4.78, 5) is 127. The number of ether oxygens (including phenoxy) is 10. The van der Waals surface area contributed by atoms with E-state index >= 15 is 18.0 Å². The van der Waals surface area contributed by atoms with Gasteiger partial charge in [0.1, 0.15) is 24.5 Å². The Morgan fingerprint density at radius 3 is 1.90 bits per heavy atom. The highest BCUT2D eigenvalue weighted by molar-refractivity contribution is 6.13. The summed E-state index contributed by atoms with van der Waals surface area (Å²) in [5, 5.41) is 19.3. The number of methoxy groups -OCH3 is 1. The van der Waals surface area contributed by atoms with Crippen molar-refractivity contribution in [2.75, 3.05) is 138 Å². The second kappa shape index (κ2) is 35.8. The molecule has 4 N–H and O–H groups in total. The number of imide groups is 1. The Kier molecular flexibility index (Phi) is 27.7. The second-order valence-corrected chi connectivity index (χ2v) is 23.9. The number of nitrogens with zero attached hydrogens (tertiary/aromatic N) is 5. The fourth-order valence-electron chi connectivity index (χ4n) is 11.6. The highest BCUT2D eigenvalue weighted by Crippen LogP contribution is 2.49. The average molecular weight is 1420 g/mol. The van der Waals surface area contributed by atoms with Gasteiger partial charge in [0.2, 0.25) is 23.8 Å². The van der Waals surface area contributed by atoms with E-state index in [1.165, 1.54) is 69.6 Å². The number of halogens is 5. The van der Waals surface area contributed by atoms with Crippen LogP contribution in [-0.4, -0.2) is 234 Å². The van der Waals surface area contributed by atoms with Gasteiger partial charge < -0.3 is 77.9 Å². The quantitative estimate of drug-likeness (QED) is 0.0186. The minimum atomic E-state index is -4.93. The Labute approximate surface area is 571 Å². The molecule has 0 saturated heterocycles. The zero-order valence-corrected chi connectivity index (χ0v) is 56.3. The number of alkyl halides is 4. The zero-order valence-electron chi connectivity index (χ0n) is 56.3. The van der Waals surface area contributed by atoms with Crippen LogP contribution in [0.2, 0.25) is 0 Å². The summed E-state index contributed by atoms with van der Waals surface area (Å²) in [6.07, 6.45) is -6.91. The number of likely N-dealkylation sites (N-methyl/N-ethyl adjacent to an activating group) is 1. The number of fused-ring (bicyclic) bond motifs is 5. The molecular weight excluding hydrogens is 1330 g/mol. The fourth-order valence-corrected chi connectivity index (χ4v) is 11.6. The topological polar surface area (TPSA) is 330 Å². The molecule has 7 amide bonds. The number of aryl methyl sites for hydroxylation is 1. The first-order valence-electron chi connectivity index (χ1n) is 32.6. The summed E-state index contributed by atoms with van der Waals surface area (Å²) in [5.74, 6) is -11.0. The first kappa shape index (κ1) is 77.3. The third-order valence-corrected chi connectivity index (χ3v) is 17.2. The monoisotopic (exact) mass is 1410 g/mol. The fraction of sp³-hybridized carbons (Fsp3) is 0.552. The van der Waals surface area contributed by atoms with E-state index in [-0.39, 0.29) is 140 Å². The number of hydrogen-bond donors (Lipinski definition) is 4. The molecule has 0 radical (unpaired) electrons. The summed E-state index contributed by atoms with van der Waals surface area (Å²) in [6.45, 7) is 6.99. The van der Waals surface area contributed by atoms with E-state index in [0.29, 0.717) is 76.5 Å². The lowest BCUT2D eigenvalue weighted by Crippen LogP contribution is -2.50. The number of rotatable bonds is 40. The van der Waals surface area contributed by atoms with Crippen molar-refractivity contribution in [1.29, 1.82) is 0 Å². The molecule has 0 saturated carbocycles. The van der Waals surface area contributed by atoms with Crippen LogP contribution in [0.4, 0.5) is 32.4 Å². The molecule has 1 unspecified atom stereocenters.